The van der Waals surface area contributed by atoms with Gasteiger partial charge >= 0.3 is 6.03 Å². The van der Waals surface area contributed by atoms with E-state index in [0.29, 0.717) is 31.3 Å². The maximum Gasteiger partial charge on any atom is 0.324 e. The molecule has 0 aliphatic carbocycles. The van der Waals surface area contributed by atoms with Gasteiger partial charge in [-0.1, -0.05) is 6.07 Å². The van der Waals surface area contributed by atoms with E-state index in [1.54, 1.807) is 7.11 Å². The number of methoxy groups -OCH3 is 1. The second kappa shape index (κ2) is 10.2. The van der Waals surface area contributed by atoms with Crippen molar-refractivity contribution in [2.45, 2.75) is 20.0 Å². The van der Waals surface area contributed by atoms with Crippen molar-refractivity contribution < 1.29 is 19.1 Å². The number of hydrogen-bond acceptors (Lipinski definition) is 5. The van der Waals surface area contributed by atoms with Gasteiger partial charge in [-0.2, -0.15) is 0 Å². The van der Waals surface area contributed by atoms with Crippen LogP contribution < -0.4 is 25.4 Å². The summed E-state index contributed by atoms with van der Waals surface area (Å²) in [6.45, 7) is 5.79. The number of aliphatic imine (C=N–C) groups is 1. The van der Waals surface area contributed by atoms with E-state index in [2.05, 4.69) is 20.9 Å². The second-order valence-electron chi connectivity index (χ2n) is 5.96. The van der Waals surface area contributed by atoms with Crippen LogP contribution in [0.3, 0.4) is 0 Å². The van der Waals surface area contributed by atoms with Crippen molar-refractivity contribution in [1.29, 1.82) is 0 Å². The van der Waals surface area contributed by atoms with E-state index in [1.807, 2.05) is 38.1 Å². The molecule has 1 aliphatic heterocycles. The predicted octanol–water partition coefficient (Wildman–Crippen LogP) is 0.569. The van der Waals surface area contributed by atoms with Crippen LogP contribution in [-0.2, 0) is 4.79 Å². The summed E-state index contributed by atoms with van der Waals surface area (Å²) in [6, 6.07) is 7.05. The molecule has 1 unspecified atom stereocenters. The Labute approximate surface area is 159 Å². The summed E-state index contributed by atoms with van der Waals surface area (Å²) < 4.78 is 11.0. The Kier molecular flexibility index (Phi) is 7.72. The number of guanidine groups is 1. The molecule has 1 aromatic rings. The van der Waals surface area contributed by atoms with Gasteiger partial charge in [-0.15, -0.1) is 0 Å². The van der Waals surface area contributed by atoms with Crippen LogP contribution in [-0.4, -0.2) is 68.7 Å². The number of ether oxygens (including phenoxy) is 2. The van der Waals surface area contributed by atoms with E-state index in [0.717, 1.165) is 5.75 Å². The van der Waals surface area contributed by atoms with Gasteiger partial charge in [-0.25, -0.2) is 9.79 Å². The highest BCUT2D eigenvalue weighted by molar-refractivity contribution is 6.01. The molecule has 1 aromatic carbocycles. The molecule has 0 radical (unpaired) electrons. The van der Waals surface area contributed by atoms with E-state index in [-0.39, 0.29) is 31.1 Å². The maximum atomic E-state index is 11.6. The molecule has 0 saturated carbocycles. The molecule has 9 nitrogen and oxygen atoms in total. The molecule has 9 heteroatoms. The summed E-state index contributed by atoms with van der Waals surface area (Å²) in [5.74, 6) is 1.84. The molecule has 1 saturated heterocycles. The lowest BCUT2D eigenvalue weighted by Gasteiger charge is -2.17. The summed E-state index contributed by atoms with van der Waals surface area (Å²) in [4.78, 5) is 28.8. The predicted molar refractivity (Wildman–Crippen MR) is 102 cm³/mol. The van der Waals surface area contributed by atoms with E-state index in [4.69, 9.17) is 9.47 Å². The van der Waals surface area contributed by atoms with Gasteiger partial charge in [0.1, 0.15) is 17.6 Å². The van der Waals surface area contributed by atoms with Gasteiger partial charge in [-0.05, 0) is 26.0 Å². The van der Waals surface area contributed by atoms with Crippen molar-refractivity contribution in [3.05, 3.63) is 24.3 Å². The number of nitrogens with one attached hydrogen (secondary N) is 3. The molecule has 1 atom stereocenters. The van der Waals surface area contributed by atoms with E-state index >= 15 is 0 Å². The topological polar surface area (TPSA) is 104 Å². The number of hydrogen-bond donors (Lipinski definition) is 3. The number of amides is 3. The number of carbonyl (C=O) groups is 2. The van der Waals surface area contributed by atoms with Crippen LogP contribution in [0.4, 0.5) is 4.79 Å². The zero-order valence-corrected chi connectivity index (χ0v) is 15.9. The lowest BCUT2D eigenvalue weighted by molar-refractivity contribution is -0.124. The molecule has 0 spiro atoms. The third-order valence-corrected chi connectivity index (χ3v) is 3.79. The molecule has 3 amide bonds. The van der Waals surface area contributed by atoms with Crippen molar-refractivity contribution in [3.63, 3.8) is 0 Å². The highest BCUT2D eigenvalue weighted by Gasteiger charge is 2.27. The molecule has 27 heavy (non-hydrogen) atoms. The first kappa shape index (κ1) is 20.3. The largest absolute Gasteiger partial charge is 0.497 e. The van der Waals surface area contributed by atoms with Crippen LogP contribution in [0.15, 0.2) is 29.3 Å². The first-order valence-corrected chi connectivity index (χ1v) is 8.94. The van der Waals surface area contributed by atoms with Gasteiger partial charge in [0, 0.05) is 25.7 Å². The van der Waals surface area contributed by atoms with Crippen LogP contribution in [0.25, 0.3) is 0 Å². The zero-order chi connectivity index (χ0) is 19.6. The summed E-state index contributed by atoms with van der Waals surface area (Å²) >= 11 is 0. The fraction of sp³-hybridized carbons (Fsp3) is 0.500. The second-order valence-corrected chi connectivity index (χ2v) is 5.96. The fourth-order valence-corrected chi connectivity index (χ4v) is 2.47. The van der Waals surface area contributed by atoms with Crippen LogP contribution >= 0.6 is 0 Å². The third-order valence-electron chi connectivity index (χ3n) is 3.79. The first-order chi connectivity index (χ1) is 13.0. The maximum absolute atomic E-state index is 11.6. The number of benzene rings is 1. The Morgan fingerprint density at radius 1 is 1.33 bits per heavy atom. The van der Waals surface area contributed by atoms with Crippen LogP contribution in [0, 0.1) is 0 Å². The minimum absolute atomic E-state index is 0.0616. The average molecular weight is 377 g/mol. The molecular weight excluding hydrogens is 350 g/mol. The van der Waals surface area contributed by atoms with Crippen molar-refractivity contribution >= 4 is 17.9 Å². The Morgan fingerprint density at radius 2 is 2.11 bits per heavy atom. The Hall–Kier alpha value is -2.97. The number of imide groups is 1. The molecule has 3 N–H and O–H groups in total. The third kappa shape index (κ3) is 6.36. The number of nitrogens with zero attached hydrogens (tertiary/aromatic N) is 2. The standard InChI is InChI=1S/C18H27N5O4/c1-4-19-17(20-8-9-23-16(24)12-22-18(23)25)21-11-13(2)27-15-7-5-6-14(10-15)26-3/h5-7,10,13H,4,8-9,11-12H2,1-3H3,(H,22,25)(H2,19,20,21). The normalized spacial score (nSPS) is 15.4. The van der Waals surface area contributed by atoms with Crippen LogP contribution in [0.1, 0.15) is 13.8 Å². The molecule has 1 heterocycles. The van der Waals surface area contributed by atoms with E-state index in [9.17, 15) is 9.59 Å². The minimum Gasteiger partial charge on any atom is -0.497 e. The first-order valence-electron chi connectivity index (χ1n) is 8.94. The Bertz CT molecular complexity index is 663. The van der Waals surface area contributed by atoms with Crippen LogP contribution in [0.5, 0.6) is 11.5 Å². The van der Waals surface area contributed by atoms with Gasteiger partial charge in [0.15, 0.2) is 5.96 Å². The molecule has 1 aliphatic rings. The lowest BCUT2D eigenvalue weighted by atomic mass is 10.3. The smallest absolute Gasteiger partial charge is 0.324 e. The monoisotopic (exact) mass is 377 g/mol. The van der Waals surface area contributed by atoms with Crippen molar-refractivity contribution in [2.75, 3.05) is 39.8 Å². The Morgan fingerprint density at radius 3 is 2.78 bits per heavy atom. The van der Waals surface area contributed by atoms with Gasteiger partial charge in [0.25, 0.3) is 0 Å². The van der Waals surface area contributed by atoms with Crippen LogP contribution in [0.2, 0.25) is 0 Å². The van der Waals surface area contributed by atoms with Gasteiger partial charge in [0.2, 0.25) is 5.91 Å². The minimum atomic E-state index is -0.357. The van der Waals surface area contributed by atoms with Gasteiger partial charge in [-0.3, -0.25) is 9.69 Å². The molecule has 2 rings (SSSR count). The summed E-state index contributed by atoms with van der Waals surface area (Å²) in [6.07, 6.45) is -0.140. The SMILES string of the molecule is CCNC(=NCC(C)Oc1cccc(OC)c1)NCCN1C(=O)CNC1=O. The number of rotatable bonds is 9. The van der Waals surface area contributed by atoms with Gasteiger partial charge < -0.3 is 25.4 Å². The van der Waals surface area contributed by atoms with Crippen molar-refractivity contribution in [2.24, 2.45) is 4.99 Å². The molecule has 0 bridgehead atoms. The molecule has 1 fully saturated rings. The average Bonchev–Trinajstić information content (AvgIpc) is 2.98. The Balaban J connectivity index is 1.82. The number of urea groups is 1. The highest BCUT2D eigenvalue weighted by Crippen LogP contribution is 2.19. The lowest BCUT2D eigenvalue weighted by Crippen LogP contribution is -2.43. The zero-order valence-electron chi connectivity index (χ0n) is 15.9. The summed E-state index contributed by atoms with van der Waals surface area (Å²) in [7, 11) is 1.61. The van der Waals surface area contributed by atoms with E-state index < -0.39 is 0 Å². The van der Waals surface area contributed by atoms with Crippen molar-refractivity contribution in [3.8, 4) is 11.5 Å². The summed E-state index contributed by atoms with van der Waals surface area (Å²) in [5, 5.41) is 8.74. The quantitative estimate of drug-likeness (QED) is 0.330. The van der Waals surface area contributed by atoms with E-state index in [1.165, 1.54) is 4.90 Å². The number of carbonyl (C=O) groups excluding carboxylic acids is 2. The fourth-order valence-electron chi connectivity index (χ4n) is 2.47. The van der Waals surface area contributed by atoms with Crippen molar-refractivity contribution in [1.82, 2.24) is 20.9 Å². The molecule has 0 aromatic heterocycles. The summed E-state index contributed by atoms with van der Waals surface area (Å²) in [5.41, 5.74) is 0. The molecule has 148 valence electrons. The molecular formula is C18H27N5O4. The highest BCUT2D eigenvalue weighted by atomic mass is 16.5. The van der Waals surface area contributed by atoms with Gasteiger partial charge in [0.05, 0.1) is 20.2 Å².